The molecule has 89 valence electrons. The van der Waals surface area contributed by atoms with E-state index in [9.17, 15) is 0 Å². The van der Waals surface area contributed by atoms with Crippen LogP contribution in [0.2, 0.25) is 0 Å². The Kier molecular flexibility index (Phi) is 3.28. The summed E-state index contributed by atoms with van der Waals surface area (Å²) in [7, 11) is 0. The highest BCUT2D eigenvalue weighted by Crippen LogP contribution is 2.29. The Morgan fingerprint density at radius 1 is 1.12 bits per heavy atom. The van der Waals surface area contributed by atoms with Gasteiger partial charge >= 0.3 is 0 Å². The summed E-state index contributed by atoms with van der Waals surface area (Å²) in [5.74, 6) is 0. The Hall–Kier alpha value is -1.08. The van der Waals surface area contributed by atoms with Gasteiger partial charge in [-0.05, 0) is 37.3 Å². The molecule has 1 saturated carbocycles. The van der Waals surface area contributed by atoms with Gasteiger partial charge in [0.25, 0.3) is 0 Å². The fourth-order valence-corrected chi connectivity index (χ4v) is 2.80. The van der Waals surface area contributed by atoms with Crippen molar-refractivity contribution in [1.82, 2.24) is 4.90 Å². The number of piperidine rings is 1. The van der Waals surface area contributed by atoms with Gasteiger partial charge in [0.1, 0.15) is 0 Å². The van der Waals surface area contributed by atoms with E-state index in [-0.39, 0.29) is 0 Å². The topological polar surface area (TPSA) is 3.24 Å². The predicted octanol–water partition coefficient (Wildman–Crippen LogP) is 3.52. The molecule has 0 bridgehead atoms. The Labute approximate surface area is 104 Å². The fourth-order valence-electron chi connectivity index (χ4n) is 2.80. The lowest BCUT2D eigenvalue weighted by atomic mass is 9.89. The molecule has 1 aliphatic carbocycles. The van der Waals surface area contributed by atoms with Crippen LogP contribution in [0, 0.1) is 6.07 Å². The first-order valence-corrected chi connectivity index (χ1v) is 6.81. The Morgan fingerprint density at radius 2 is 1.82 bits per heavy atom. The highest BCUT2D eigenvalue weighted by Gasteiger charge is 2.26. The van der Waals surface area contributed by atoms with E-state index in [1.807, 2.05) is 12.1 Å². The van der Waals surface area contributed by atoms with Crippen LogP contribution < -0.4 is 0 Å². The van der Waals surface area contributed by atoms with Crippen molar-refractivity contribution in [2.75, 3.05) is 13.1 Å². The van der Waals surface area contributed by atoms with Crippen LogP contribution in [0.25, 0.3) is 6.08 Å². The molecule has 1 aromatic rings. The van der Waals surface area contributed by atoms with E-state index in [4.69, 9.17) is 0 Å². The van der Waals surface area contributed by atoms with Gasteiger partial charge in [-0.3, -0.25) is 4.90 Å². The molecule has 1 nitrogen and oxygen atoms in total. The number of benzene rings is 1. The monoisotopic (exact) mass is 226 g/mol. The normalized spacial score (nSPS) is 22.2. The minimum absolute atomic E-state index is 0.919. The van der Waals surface area contributed by atoms with E-state index in [2.05, 4.69) is 29.2 Å². The van der Waals surface area contributed by atoms with Crippen LogP contribution in [0.5, 0.6) is 0 Å². The van der Waals surface area contributed by atoms with Crippen LogP contribution in [0.15, 0.2) is 29.8 Å². The van der Waals surface area contributed by atoms with Crippen molar-refractivity contribution in [2.24, 2.45) is 0 Å². The first-order chi connectivity index (χ1) is 8.42. The zero-order valence-corrected chi connectivity index (χ0v) is 10.4. The summed E-state index contributed by atoms with van der Waals surface area (Å²) in [6.45, 7) is 2.55. The number of hydrogen-bond donors (Lipinski definition) is 0. The van der Waals surface area contributed by atoms with Crippen LogP contribution >= 0.6 is 0 Å². The second-order valence-corrected chi connectivity index (χ2v) is 5.26. The average molecular weight is 226 g/mol. The Bertz CT molecular complexity index is 379. The van der Waals surface area contributed by atoms with Gasteiger partial charge in [-0.15, -0.1) is 0 Å². The lowest BCUT2D eigenvalue weighted by molar-refractivity contribution is 0.118. The zero-order chi connectivity index (χ0) is 11.5. The predicted molar refractivity (Wildman–Crippen MR) is 71.7 cm³/mol. The molecule has 0 aromatic heterocycles. The zero-order valence-electron chi connectivity index (χ0n) is 10.4. The molecule has 0 unspecified atom stereocenters. The minimum Gasteiger partial charge on any atom is -0.300 e. The summed E-state index contributed by atoms with van der Waals surface area (Å²) in [4.78, 5) is 2.69. The summed E-state index contributed by atoms with van der Waals surface area (Å²) in [5.41, 5.74) is 2.95. The van der Waals surface area contributed by atoms with E-state index in [1.54, 1.807) is 5.57 Å². The van der Waals surface area contributed by atoms with E-state index < -0.39 is 0 Å². The molecule has 1 saturated heterocycles. The van der Waals surface area contributed by atoms with Gasteiger partial charge in [-0.2, -0.15) is 0 Å². The van der Waals surface area contributed by atoms with Gasteiger partial charge in [0.2, 0.25) is 0 Å². The molecular formula is C16H20N. The summed E-state index contributed by atoms with van der Waals surface area (Å²) < 4.78 is 0. The molecular weight excluding hydrogens is 206 g/mol. The molecule has 0 N–H and O–H groups in total. The van der Waals surface area contributed by atoms with Gasteiger partial charge in [-0.1, -0.05) is 42.3 Å². The quantitative estimate of drug-likeness (QED) is 0.746. The number of rotatable bonds is 2. The second-order valence-electron chi connectivity index (χ2n) is 5.26. The first-order valence-electron chi connectivity index (χ1n) is 6.81. The third-order valence-corrected chi connectivity index (χ3v) is 4.15. The molecule has 0 atom stereocenters. The smallest absolute Gasteiger partial charge is 0.00955 e. The molecule has 1 radical (unpaired) electrons. The fraction of sp³-hybridized carbons (Fsp3) is 0.500. The van der Waals surface area contributed by atoms with Crippen molar-refractivity contribution in [2.45, 2.75) is 38.1 Å². The number of nitrogens with zero attached hydrogens (tertiary/aromatic N) is 1. The van der Waals surface area contributed by atoms with Gasteiger partial charge < -0.3 is 0 Å². The number of likely N-dealkylation sites (tertiary alicyclic amines) is 1. The molecule has 2 aliphatic rings. The van der Waals surface area contributed by atoms with Gasteiger partial charge in [-0.25, -0.2) is 0 Å². The Balaban J connectivity index is 1.59. The van der Waals surface area contributed by atoms with Crippen LogP contribution in [0.3, 0.4) is 0 Å². The largest absolute Gasteiger partial charge is 0.300 e. The Morgan fingerprint density at radius 3 is 2.41 bits per heavy atom. The molecule has 2 fully saturated rings. The molecule has 0 amide bonds. The molecule has 3 rings (SSSR count). The highest BCUT2D eigenvalue weighted by molar-refractivity contribution is 5.52. The van der Waals surface area contributed by atoms with E-state index in [0.29, 0.717) is 0 Å². The standard InChI is InChI=1S/C16H20N/c1-2-5-14(6-3-1)13-15-9-11-17(12-10-15)16-7-4-8-16/h2-3,5-6,13,16H,4,7-12H2. The van der Waals surface area contributed by atoms with Crippen molar-refractivity contribution in [3.05, 3.63) is 41.5 Å². The van der Waals surface area contributed by atoms with E-state index in [1.165, 1.54) is 50.8 Å². The van der Waals surface area contributed by atoms with Gasteiger partial charge in [0, 0.05) is 19.1 Å². The summed E-state index contributed by atoms with van der Waals surface area (Å²) in [5, 5.41) is 0. The maximum atomic E-state index is 3.07. The molecule has 1 aliphatic heterocycles. The lowest BCUT2D eigenvalue weighted by Crippen LogP contribution is -2.43. The van der Waals surface area contributed by atoms with Crippen LogP contribution in [-0.4, -0.2) is 24.0 Å². The third-order valence-electron chi connectivity index (χ3n) is 4.15. The first kappa shape index (κ1) is 11.0. The SMILES string of the molecule is [c]1ccc(C=C2CCN(C3CCC3)CC2)cc1. The van der Waals surface area contributed by atoms with Gasteiger partial charge in [0.05, 0.1) is 0 Å². The maximum Gasteiger partial charge on any atom is 0.00955 e. The summed E-state index contributed by atoms with van der Waals surface area (Å²) >= 11 is 0. The van der Waals surface area contributed by atoms with Crippen LogP contribution in [-0.2, 0) is 0 Å². The third kappa shape index (κ3) is 2.61. The average Bonchev–Trinajstić information content (AvgIpc) is 2.31. The molecule has 0 spiro atoms. The summed E-state index contributed by atoms with van der Waals surface area (Å²) in [6, 6.07) is 12.3. The van der Waals surface area contributed by atoms with Crippen molar-refractivity contribution >= 4 is 6.08 Å². The second kappa shape index (κ2) is 5.05. The van der Waals surface area contributed by atoms with E-state index >= 15 is 0 Å². The molecule has 1 heteroatoms. The lowest BCUT2D eigenvalue weighted by Gasteiger charge is -2.40. The minimum atomic E-state index is 0.919. The molecule has 1 heterocycles. The van der Waals surface area contributed by atoms with Crippen molar-refractivity contribution in [3.8, 4) is 0 Å². The van der Waals surface area contributed by atoms with Crippen molar-refractivity contribution in [1.29, 1.82) is 0 Å². The molecule has 1 aromatic carbocycles. The number of hydrogen-bond acceptors (Lipinski definition) is 1. The van der Waals surface area contributed by atoms with Gasteiger partial charge in [0.15, 0.2) is 0 Å². The van der Waals surface area contributed by atoms with Crippen LogP contribution in [0.1, 0.15) is 37.7 Å². The summed E-state index contributed by atoms with van der Waals surface area (Å²) in [6.07, 6.45) is 9.21. The van der Waals surface area contributed by atoms with E-state index in [0.717, 1.165) is 6.04 Å². The highest BCUT2D eigenvalue weighted by atomic mass is 15.2. The van der Waals surface area contributed by atoms with Crippen molar-refractivity contribution < 1.29 is 0 Å². The molecule has 17 heavy (non-hydrogen) atoms. The van der Waals surface area contributed by atoms with Crippen LogP contribution in [0.4, 0.5) is 0 Å². The van der Waals surface area contributed by atoms with Crippen molar-refractivity contribution in [3.63, 3.8) is 0 Å². The maximum absolute atomic E-state index is 3.07.